The van der Waals surface area contributed by atoms with Crippen LogP contribution in [-0.4, -0.2) is 5.97 Å². The molecule has 23 heavy (non-hydrogen) atoms. The highest BCUT2D eigenvalue weighted by Gasteiger charge is 2.30. The summed E-state index contributed by atoms with van der Waals surface area (Å²) in [5, 5.41) is 0. The number of esters is 1. The van der Waals surface area contributed by atoms with Crippen molar-refractivity contribution in [2.24, 2.45) is 5.92 Å². The van der Waals surface area contributed by atoms with Crippen molar-refractivity contribution in [3.8, 4) is 0 Å². The molecule has 1 aromatic carbocycles. The molecule has 0 bridgehead atoms. The summed E-state index contributed by atoms with van der Waals surface area (Å²) in [7, 11) is 0. The fourth-order valence-electron chi connectivity index (χ4n) is 3.36. The molecule has 1 fully saturated rings. The zero-order chi connectivity index (χ0) is 16.5. The third-order valence-electron chi connectivity index (χ3n) is 4.95. The summed E-state index contributed by atoms with van der Waals surface area (Å²) in [4.78, 5) is 12.2. The Balaban J connectivity index is 1.81. The van der Waals surface area contributed by atoms with Crippen LogP contribution in [0.4, 0.5) is 0 Å². The van der Waals surface area contributed by atoms with Gasteiger partial charge in [-0.2, -0.15) is 0 Å². The Morgan fingerprint density at radius 1 is 0.957 bits per heavy atom. The van der Waals surface area contributed by atoms with Crippen LogP contribution in [0.5, 0.6) is 0 Å². The minimum absolute atomic E-state index is 0.0211. The summed E-state index contributed by atoms with van der Waals surface area (Å²) in [5.74, 6) is 0.153. The van der Waals surface area contributed by atoms with Crippen molar-refractivity contribution >= 4 is 5.97 Å². The van der Waals surface area contributed by atoms with Gasteiger partial charge in [-0.25, -0.2) is 0 Å². The molecule has 1 heterocycles. The summed E-state index contributed by atoms with van der Waals surface area (Å²) in [6.07, 6.45) is 11.4. The molecule has 1 aliphatic heterocycles. The van der Waals surface area contributed by atoms with E-state index in [1.165, 1.54) is 37.7 Å². The van der Waals surface area contributed by atoms with Crippen LogP contribution >= 0.6 is 0 Å². The van der Waals surface area contributed by atoms with Gasteiger partial charge in [0.05, 0.1) is 5.92 Å². The molecule has 1 aliphatic rings. The maximum absolute atomic E-state index is 12.2. The van der Waals surface area contributed by atoms with E-state index in [1.807, 2.05) is 0 Å². The second kappa shape index (κ2) is 9.75. The predicted octanol–water partition coefficient (Wildman–Crippen LogP) is 5.99. The smallest absolute Gasteiger partial charge is 0.309 e. The van der Waals surface area contributed by atoms with Crippen LogP contribution in [0.3, 0.4) is 0 Å². The summed E-state index contributed by atoms with van der Waals surface area (Å²) >= 11 is 0. The first-order chi connectivity index (χ1) is 11.2. The third-order valence-corrected chi connectivity index (χ3v) is 4.95. The molecular weight excluding hydrogens is 284 g/mol. The van der Waals surface area contributed by atoms with E-state index in [-0.39, 0.29) is 18.0 Å². The van der Waals surface area contributed by atoms with Gasteiger partial charge in [0.15, 0.2) is 0 Å². The molecule has 2 nitrogen and oxygen atoms in total. The number of carbonyl (C=O) groups excluding carboxylic acids is 1. The number of benzene rings is 1. The molecule has 0 radical (unpaired) electrons. The van der Waals surface area contributed by atoms with Crippen molar-refractivity contribution in [2.45, 2.75) is 84.2 Å². The standard InChI is InChI=1S/C21H32O2/c1-3-5-7-8-10-19-15-16-20(23-21(19)22)18-13-11-17(12-14-18)9-6-4-2/h11-14,19-20H,3-10,15-16H2,1-2H3. The largest absolute Gasteiger partial charge is 0.457 e. The summed E-state index contributed by atoms with van der Waals surface area (Å²) in [5.41, 5.74) is 2.54. The highest BCUT2D eigenvalue weighted by molar-refractivity contribution is 5.73. The number of aryl methyl sites for hydroxylation is 1. The molecule has 1 saturated heterocycles. The van der Waals surface area contributed by atoms with Gasteiger partial charge in [0.1, 0.15) is 6.10 Å². The van der Waals surface area contributed by atoms with Crippen molar-refractivity contribution in [1.82, 2.24) is 0 Å². The van der Waals surface area contributed by atoms with Crippen molar-refractivity contribution < 1.29 is 9.53 Å². The molecule has 2 rings (SSSR count). The van der Waals surface area contributed by atoms with Crippen LogP contribution < -0.4 is 0 Å². The molecule has 0 spiro atoms. The Morgan fingerprint density at radius 2 is 1.70 bits per heavy atom. The average Bonchev–Trinajstić information content (AvgIpc) is 2.58. The number of rotatable bonds is 9. The van der Waals surface area contributed by atoms with E-state index >= 15 is 0 Å². The molecule has 2 atom stereocenters. The van der Waals surface area contributed by atoms with E-state index in [0.717, 1.165) is 37.7 Å². The van der Waals surface area contributed by atoms with Gasteiger partial charge in [-0.3, -0.25) is 4.79 Å². The minimum Gasteiger partial charge on any atom is -0.457 e. The topological polar surface area (TPSA) is 26.3 Å². The number of hydrogen-bond acceptors (Lipinski definition) is 2. The van der Waals surface area contributed by atoms with Crippen molar-refractivity contribution in [2.75, 3.05) is 0 Å². The Hall–Kier alpha value is -1.31. The van der Waals surface area contributed by atoms with Crippen molar-refractivity contribution in [3.63, 3.8) is 0 Å². The lowest BCUT2D eigenvalue weighted by molar-refractivity contribution is -0.161. The number of carbonyl (C=O) groups is 1. The predicted molar refractivity (Wildman–Crippen MR) is 95.4 cm³/mol. The molecular formula is C21H32O2. The normalized spacial score (nSPS) is 21.2. The van der Waals surface area contributed by atoms with Crippen LogP contribution in [0.25, 0.3) is 0 Å². The minimum atomic E-state index is -0.0328. The highest BCUT2D eigenvalue weighted by Crippen LogP contribution is 2.33. The van der Waals surface area contributed by atoms with E-state index in [4.69, 9.17) is 4.74 Å². The van der Waals surface area contributed by atoms with Crippen LogP contribution in [0.15, 0.2) is 24.3 Å². The number of hydrogen-bond donors (Lipinski definition) is 0. The summed E-state index contributed by atoms with van der Waals surface area (Å²) < 4.78 is 5.72. The van der Waals surface area contributed by atoms with Crippen LogP contribution in [0.2, 0.25) is 0 Å². The van der Waals surface area contributed by atoms with Crippen molar-refractivity contribution in [1.29, 1.82) is 0 Å². The van der Waals surface area contributed by atoms with Gasteiger partial charge in [-0.1, -0.05) is 70.2 Å². The first-order valence-corrected chi connectivity index (χ1v) is 9.54. The van der Waals surface area contributed by atoms with Gasteiger partial charge >= 0.3 is 5.97 Å². The number of unbranched alkanes of at least 4 members (excludes halogenated alkanes) is 4. The van der Waals surface area contributed by atoms with E-state index < -0.39 is 0 Å². The van der Waals surface area contributed by atoms with Gasteiger partial charge in [0.2, 0.25) is 0 Å². The maximum Gasteiger partial charge on any atom is 0.309 e. The first-order valence-electron chi connectivity index (χ1n) is 9.54. The Kier molecular flexibility index (Phi) is 7.64. The monoisotopic (exact) mass is 316 g/mol. The SMILES string of the molecule is CCCCCCC1CCC(c2ccc(CCCC)cc2)OC1=O. The molecule has 2 unspecified atom stereocenters. The van der Waals surface area contributed by atoms with Crippen LogP contribution in [0.1, 0.15) is 88.9 Å². The molecule has 0 amide bonds. The van der Waals surface area contributed by atoms with E-state index in [0.29, 0.717) is 0 Å². The highest BCUT2D eigenvalue weighted by atomic mass is 16.5. The fourth-order valence-corrected chi connectivity index (χ4v) is 3.36. The van der Waals surface area contributed by atoms with Crippen LogP contribution in [-0.2, 0) is 16.0 Å². The zero-order valence-electron chi connectivity index (χ0n) is 14.9. The summed E-state index contributed by atoms with van der Waals surface area (Å²) in [6, 6.07) is 8.67. The second-order valence-corrected chi connectivity index (χ2v) is 6.89. The molecule has 0 N–H and O–H groups in total. The van der Waals surface area contributed by atoms with E-state index in [9.17, 15) is 4.79 Å². The van der Waals surface area contributed by atoms with Crippen LogP contribution in [0, 0.1) is 5.92 Å². The lowest BCUT2D eigenvalue weighted by Gasteiger charge is -2.28. The Labute approximate surface area is 141 Å². The maximum atomic E-state index is 12.2. The molecule has 0 aromatic heterocycles. The van der Waals surface area contributed by atoms with Crippen molar-refractivity contribution in [3.05, 3.63) is 35.4 Å². The Morgan fingerprint density at radius 3 is 2.35 bits per heavy atom. The molecule has 0 aliphatic carbocycles. The molecule has 2 heteroatoms. The summed E-state index contributed by atoms with van der Waals surface area (Å²) in [6.45, 7) is 4.43. The molecule has 1 aromatic rings. The quantitative estimate of drug-likeness (QED) is 0.413. The van der Waals surface area contributed by atoms with E-state index in [1.54, 1.807) is 0 Å². The second-order valence-electron chi connectivity index (χ2n) is 6.89. The Bertz CT molecular complexity index is 463. The van der Waals surface area contributed by atoms with Gasteiger partial charge < -0.3 is 4.74 Å². The number of cyclic esters (lactones) is 1. The van der Waals surface area contributed by atoms with Gasteiger partial charge in [-0.05, 0) is 43.2 Å². The van der Waals surface area contributed by atoms with Gasteiger partial charge in [-0.15, -0.1) is 0 Å². The van der Waals surface area contributed by atoms with Gasteiger partial charge in [0.25, 0.3) is 0 Å². The lowest BCUT2D eigenvalue weighted by Crippen LogP contribution is -2.26. The zero-order valence-corrected chi connectivity index (χ0v) is 14.9. The molecule has 0 saturated carbocycles. The average molecular weight is 316 g/mol. The third kappa shape index (κ3) is 5.67. The number of ether oxygens (including phenoxy) is 1. The van der Waals surface area contributed by atoms with Gasteiger partial charge in [0, 0.05) is 0 Å². The fraction of sp³-hybridized carbons (Fsp3) is 0.667. The lowest BCUT2D eigenvalue weighted by atomic mass is 9.90. The molecule has 128 valence electrons. The van der Waals surface area contributed by atoms with E-state index in [2.05, 4.69) is 38.1 Å². The first kappa shape index (κ1) is 18.0.